The minimum absolute atomic E-state index is 0.200. The zero-order valence-electron chi connectivity index (χ0n) is 20.7. The number of benzene rings is 3. The van der Waals surface area contributed by atoms with Gasteiger partial charge in [0.1, 0.15) is 0 Å². The van der Waals surface area contributed by atoms with Crippen molar-refractivity contribution in [2.45, 2.75) is 56.4 Å². The van der Waals surface area contributed by atoms with Gasteiger partial charge < -0.3 is 4.90 Å². The largest absolute Gasteiger partial charge is 0.300 e. The molecular weight excluding hydrogens is 426 g/mol. The van der Waals surface area contributed by atoms with Crippen molar-refractivity contribution in [3.63, 3.8) is 0 Å². The molecule has 4 unspecified atom stereocenters. The highest BCUT2D eigenvalue weighted by Crippen LogP contribution is 2.48. The van der Waals surface area contributed by atoms with E-state index in [2.05, 4.69) is 60.4 Å². The van der Waals surface area contributed by atoms with Gasteiger partial charge in [0.05, 0.1) is 0 Å². The summed E-state index contributed by atoms with van der Waals surface area (Å²) in [5, 5.41) is 0. The number of ketones is 1. The molecule has 1 saturated carbocycles. The van der Waals surface area contributed by atoms with E-state index in [0.717, 1.165) is 11.1 Å². The smallest absolute Gasteiger partial charge is 0.167 e. The molecule has 3 aliphatic rings. The summed E-state index contributed by atoms with van der Waals surface area (Å²) >= 11 is 0. The minimum Gasteiger partial charge on any atom is -0.300 e. The maximum Gasteiger partial charge on any atom is 0.167 e. The molecule has 3 aromatic rings. The van der Waals surface area contributed by atoms with Gasteiger partial charge in [-0.3, -0.25) is 4.79 Å². The maximum absolute atomic E-state index is 12.7. The summed E-state index contributed by atoms with van der Waals surface area (Å²) in [6, 6.07) is 28.2. The van der Waals surface area contributed by atoms with Gasteiger partial charge >= 0.3 is 0 Å². The first-order chi connectivity index (χ1) is 17.1. The van der Waals surface area contributed by atoms with Crippen molar-refractivity contribution in [2.75, 3.05) is 13.1 Å². The highest BCUT2D eigenvalue weighted by molar-refractivity contribution is 5.97. The molecule has 178 valence electrons. The fraction of sp³-hybridized carbons (Fsp3) is 0.364. The van der Waals surface area contributed by atoms with E-state index >= 15 is 0 Å². The summed E-state index contributed by atoms with van der Waals surface area (Å²) in [7, 11) is 0. The van der Waals surface area contributed by atoms with Gasteiger partial charge in [0.15, 0.2) is 5.78 Å². The van der Waals surface area contributed by atoms with Gasteiger partial charge in [0.2, 0.25) is 0 Å². The normalized spacial score (nSPS) is 27.9. The Bertz CT molecular complexity index is 1230. The van der Waals surface area contributed by atoms with Crippen LogP contribution in [0.1, 0.15) is 71.1 Å². The molecule has 2 nitrogen and oxygen atoms in total. The molecule has 0 radical (unpaired) electrons. The summed E-state index contributed by atoms with van der Waals surface area (Å²) in [6.07, 6.45) is 10.3. The van der Waals surface area contributed by atoms with Gasteiger partial charge in [-0.15, -0.1) is 0 Å². The standard InChI is InChI=1S/C33H35NO/c1-24-23-34(20-19-33(24)18-17-27-9-5-6-10-31(27)33)30-16-15-29(22-30)26-11-13-28(14-12-26)32(35)21-25-7-3-2-4-8-25/h2-14,17-18,24,29-30H,15-16,19-23H2,1H3. The van der Waals surface area contributed by atoms with Crippen LogP contribution in [-0.2, 0) is 11.8 Å². The third-order valence-electron chi connectivity index (χ3n) is 9.06. The number of likely N-dealkylation sites (tertiary alicyclic amines) is 1. The van der Waals surface area contributed by atoms with Crippen molar-refractivity contribution in [1.29, 1.82) is 0 Å². The van der Waals surface area contributed by atoms with Gasteiger partial charge in [-0.25, -0.2) is 0 Å². The molecule has 0 N–H and O–H groups in total. The molecule has 35 heavy (non-hydrogen) atoms. The lowest BCUT2D eigenvalue weighted by molar-refractivity contribution is 0.0898. The van der Waals surface area contributed by atoms with Gasteiger partial charge in [0, 0.05) is 30.0 Å². The van der Waals surface area contributed by atoms with Crippen LogP contribution in [0.2, 0.25) is 0 Å². The van der Waals surface area contributed by atoms with Crippen LogP contribution in [0.4, 0.5) is 0 Å². The van der Waals surface area contributed by atoms with E-state index in [1.165, 1.54) is 49.9 Å². The molecule has 0 aromatic heterocycles. The van der Waals surface area contributed by atoms with Crippen molar-refractivity contribution in [1.82, 2.24) is 4.90 Å². The highest BCUT2D eigenvalue weighted by Gasteiger charge is 2.45. The average Bonchev–Trinajstić information content (AvgIpc) is 3.53. The van der Waals surface area contributed by atoms with Gasteiger partial charge in [0.25, 0.3) is 0 Å². The zero-order valence-corrected chi connectivity index (χ0v) is 20.7. The fourth-order valence-corrected chi connectivity index (χ4v) is 6.97. The first kappa shape index (κ1) is 22.5. The Balaban J connectivity index is 1.08. The molecule has 6 rings (SSSR count). The lowest BCUT2D eigenvalue weighted by Gasteiger charge is -2.46. The SMILES string of the molecule is CC1CN(C2CCC(c3ccc(C(=O)Cc4ccccc4)cc3)C2)CCC12C=Cc1ccccc12. The Morgan fingerprint density at radius 2 is 1.71 bits per heavy atom. The first-order valence-electron chi connectivity index (χ1n) is 13.3. The molecular formula is C33H35NO. The minimum atomic E-state index is 0.200. The van der Waals surface area contributed by atoms with E-state index in [1.54, 1.807) is 5.56 Å². The molecule has 4 atom stereocenters. The molecule has 3 aromatic carbocycles. The predicted molar refractivity (Wildman–Crippen MR) is 144 cm³/mol. The van der Waals surface area contributed by atoms with Crippen molar-refractivity contribution >= 4 is 11.9 Å². The van der Waals surface area contributed by atoms with Crippen molar-refractivity contribution < 1.29 is 4.79 Å². The van der Waals surface area contributed by atoms with Gasteiger partial charge in [-0.05, 0) is 66.3 Å². The predicted octanol–water partition coefficient (Wildman–Crippen LogP) is 7.05. The fourth-order valence-electron chi connectivity index (χ4n) is 6.97. The molecule has 0 amide bonds. The number of allylic oxidation sites excluding steroid dienone is 1. The zero-order chi connectivity index (χ0) is 23.8. The van der Waals surface area contributed by atoms with Crippen LogP contribution in [0.5, 0.6) is 0 Å². The van der Waals surface area contributed by atoms with Crippen molar-refractivity contribution in [3.05, 3.63) is 113 Å². The van der Waals surface area contributed by atoms with Crippen LogP contribution >= 0.6 is 0 Å². The van der Waals surface area contributed by atoms with E-state index in [9.17, 15) is 4.79 Å². The Hall–Kier alpha value is -2.97. The van der Waals surface area contributed by atoms with E-state index < -0.39 is 0 Å². The number of carbonyl (C=O) groups is 1. The topological polar surface area (TPSA) is 20.3 Å². The Morgan fingerprint density at radius 1 is 0.943 bits per heavy atom. The number of hydrogen-bond acceptors (Lipinski definition) is 2. The van der Waals surface area contributed by atoms with E-state index in [1.807, 2.05) is 42.5 Å². The third kappa shape index (κ3) is 4.19. The number of rotatable bonds is 5. The van der Waals surface area contributed by atoms with Crippen molar-refractivity contribution in [2.24, 2.45) is 5.92 Å². The van der Waals surface area contributed by atoms with E-state index in [-0.39, 0.29) is 11.2 Å². The molecule has 2 fully saturated rings. The summed E-state index contributed by atoms with van der Waals surface area (Å²) in [4.78, 5) is 15.5. The van der Waals surface area contributed by atoms with E-state index in [0.29, 0.717) is 24.3 Å². The summed E-state index contributed by atoms with van der Waals surface area (Å²) in [5.74, 6) is 1.44. The second kappa shape index (κ2) is 9.24. The number of carbonyl (C=O) groups excluding carboxylic acids is 1. The summed E-state index contributed by atoms with van der Waals surface area (Å²) in [6.45, 7) is 4.83. The van der Waals surface area contributed by atoms with Crippen LogP contribution in [0.25, 0.3) is 6.08 Å². The number of Topliss-reactive ketones (excluding diaryl/α,β-unsaturated/α-hetero) is 1. The van der Waals surface area contributed by atoms with Crippen LogP contribution < -0.4 is 0 Å². The molecule has 1 heterocycles. The number of hydrogen-bond donors (Lipinski definition) is 0. The van der Waals surface area contributed by atoms with E-state index in [4.69, 9.17) is 0 Å². The van der Waals surface area contributed by atoms with Crippen LogP contribution in [0.15, 0.2) is 84.9 Å². The summed E-state index contributed by atoms with van der Waals surface area (Å²) < 4.78 is 0. The number of fused-ring (bicyclic) bond motifs is 2. The third-order valence-corrected chi connectivity index (χ3v) is 9.06. The van der Waals surface area contributed by atoms with Gasteiger partial charge in [-0.2, -0.15) is 0 Å². The summed E-state index contributed by atoms with van der Waals surface area (Å²) in [5.41, 5.74) is 6.49. The molecule has 1 aliphatic heterocycles. The lowest BCUT2D eigenvalue weighted by atomic mass is 9.68. The van der Waals surface area contributed by atoms with Crippen LogP contribution in [-0.4, -0.2) is 29.8 Å². The Morgan fingerprint density at radius 3 is 2.51 bits per heavy atom. The van der Waals surface area contributed by atoms with Crippen LogP contribution in [0.3, 0.4) is 0 Å². The van der Waals surface area contributed by atoms with Gasteiger partial charge in [-0.1, -0.05) is 97.9 Å². The quantitative estimate of drug-likeness (QED) is 0.379. The second-order valence-corrected chi connectivity index (χ2v) is 11.0. The molecule has 1 saturated heterocycles. The first-order valence-corrected chi connectivity index (χ1v) is 13.3. The molecule has 0 bridgehead atoms. The monoisotopic (exact) mass is 461 g/mol. The molecule has 2 aliphatic carbocycles. The Kier molecular flexibility index (Phi) is 5.94. The van der Waals surface area contributed by atoms with Crippen molar-refractivity contribution in [3.8, 4) is 0 Å². The molecule has 2 heteroatoms. The average molecular weight is 462 g/mol. The Labute approximate surface area is 209 Å². The van der Waals surface area contributed by atoms with Crippen LogP contribution in [0, 0.1) is 5.92 Å². The highest BCUT2D eigenvalue weighted by atomic mass is 16.1. The number of piperidine rings is 1. The second-order valence-electron chi connectivity index (χ2n) is 11.0. The molecule has 1 spiro atoms. The maximum atomic E-state index is 12.7. The number of nitrogens with zero attached hydrogens (tertiary/aromatic N) is 1. The lowest BCUT2D eigenvalue weighted by Crippen LogP contribution is -2.50.